The van der Waals surface area contributed by atoms with Gasteiger partial charge in [0.15, 0.2) is 0 Å². The summed E-state index contributed by atoms with van der Waals surface area (Å²) in [6.45, 7) is 2.03. The first kappa shape index (κ1) is 10.2. The number of anilines is 1. The van der Waals surface area contributed by atoms with Crippen LogP contribution in [-0.2, 0) is 0 Å². The third kappa shape index (κ3) is 2.39. The van der Waals surface area contributed by atoms with E-state index in [0.29, 0.717) is 0 Å². The number of aromatic nitrogens is 1. The van der Waals surface area contributed by atoms with Crippen molar-refractivity contribution in [2.24, 2.45) is 0 Å². The number of nitrogens with zero attached hydrogens (tertiary/aromatic N) is 1. The number of hydrogen-bond acceptors (Lipinski definition) is 3. The third-order valence-corrected chi connectivity index (χ3v) is 2.72. The fourth-order valence-corrected chi connectivity index (χ4v) is 1.89. The van der Waals surface area contributed by atoms with Crippen molar-refractivity contribution in [2.75, 3.05) is 5.32 Å². The van der Waals surface area contributed by atoms with Crippen LogP contribution in [0, 0.1) is 0 Å². The fourth-order valence-electron chi connectivity index (χ4n) is 1.35. The summed E-state index contributed by atoms with van der Waals surface area (Å²) >= 11 is 3.43. The van der Waals surface area contributed by atoms with Crippen LogP contribution < -0.4 is 5.32 Å². The Morgan fingerprint density at radius 1 is 1.40 bits per heavy atom. The molecule has 2 aromatic rings. The van der Waals surface area contributed by atoms with Crippen LogP contribution in [-0.4, -0.2) is 4.98 Å². The average Bonchev–Trinajstić information content (AvgIpc) is 2.66. The van der Waals surface area contributed by atoms with E-state index in [9.17, 15) is 0 Å². The third-order valence-electron chi connectivity index (χ3n) is 2.07. The summed E-state index contributed by atoms with van der Waals surface area (Å²) in [5, 5.41) is 3.25. The van der Waals surface area contributed by atoms with E-state index in [0.717, 1.165) is 16.1 Å². The monoisotopic (exact) mass is 266 g/mol. The number of rotatable bonds is 3. The van der Waals surface area contributed by atoms with Crippen LogP contribution in [0.25, 0.3) is 0 Å². The molecule has 0 saturated carbocycles. The lowest BCUT2D eigenvalue weighted by molar-refractivity contribution is 0.488. The van der Waals surface area contributed by atoms with Gasteiger partial charge in [0.2, 0.25) is 0 Å². The molecule has 78 valence electrons. The molecule has 0 spiro atoms. The largest absolute Gasteiger partial charge is 0.466 e. The van der Waals surface area contributed by atoms with Crippen LogP contribution >= 0.6 is 15.9 Å². The summed E-state index contributed by atoms with van der Waals surface area (Å²) < 4.78 is 6.33. The second kappa shape index (κ2) is 4.49. The molecular weight excluding hydrogens is 256 g/mol. The molecule has 3 nitrogen and oxygen atoms in total. The van der Waals surface area contributed by atoms with Crippen LogP contribution in [0.1, 0.15) is 18.7 Å². The molecular formula is C11H11BrN2O. The first-order chi connectivity index (χ1) is 7.27. The highest BCUT2D eigenvalue weighted by Gasteiger charge is 2.12. The summed E-state index contributed by atoms with van der Waals surface area (Å²) in [6.07, 6.45) is 3.42. The van der Waals surface area contributed by atoms with E-state index < -0.39 is 0 Å². The highest BCUT2D eigenvalue weighted by Crippen LogP contribution is 2.26. The van der Waals surface area contributed by atoms with Gasteiger partial charge < -0.3 is 9.73 Å². The zero-order chi connectivity index (χ0) is 10.7. The molecule has 15 heavy (non-hydrogen) atoms. The Hall–Kier alpha value is -1.29. The fraction of sp³-hybridized carbons (Fsp3) is 0.182. The Morgan fingerprint density at radius 2 is 2.27 bits per heavy atom. The normalized spacial score (nSPS) is 12.4. The van der Waals surface area contributed by atoms with Crippen molar-refractivity contribution < 1.29 is 4.42 Å². The minimum absolute atomic E-state index is 0.0873. The van der Waals surface area contributed by atoms with Gasteiger partial charge in [0.25, 0.3) is 0 Å². The lowest BCUT2D eigenvalue weighted by Crippen LogP contribution is -2.07. The number of furan rings is 1. The van der Waals surface area contributed by atoms with Crippen molar-refractivity contribution in [1.29, 1.82) is 0 Å². The second-order valence-electron chi connectivity index (χ2n) is 3.21. The van der Waals surface area contributed by atoms with Crippen LogP contribution in [0.15, 0.2) is 45.6 Å². The highest BCUT2D eigenvalue weighted by molar-refractivity contribution is 9.10. The van der Waals surface area contributed by atoms with Crippen molar-refractivity contribution in [3.8, 4) is 0 Å². The summed E-state index contributed by atoms with van der Waals surface area (Å²) in [5.41, 5.74) is 0. The minimum atomic E-state index is 0.0873. The first-order valence-corrected chi connectivity index (χ1v) is 5.47. The van der Waals surface area contributed by atoms with Crippen LogP contribution in [0.4, 0.5) is 5.82 Å². The number of pyridine rings is 1. The van der Waals surface area contributed by atoms with Gasteiger partial charge in [-0.05, 0) is 41.1 Å². The summed E-state index contributed by atoms with van der Waals surface area (Å²) in [6, 6.07) is 7.72. The zero-order valence-corrected chi connectivity index (χ0v) is 9.86. The van der Waals surface area contributed by atoms with Gasteiger partial charge in [-0.2, -0.15) is 0 Å². The van der Waals surface area contributed by atoms with E-state index in [4.69, 9.17) is 4.42 Å². The summed E-state index contributed by atoms with van der Waals surface area (Å²) in [7, 11) is 0. The van der Waals surface area contributed by atoms with Gasteiger partial charge in [-0.15, -0.1) is 0 Å². The van der Waals surface area contributed by atoms with Crippen molar-refractivity contribution >= 4 is 21.7 Å². The van der Waals surface area contributed by atoms with Crippen molar-refractivity contribution in [3.63, 3.8) is 0 Å². The molecule has 2 aromatic heterocycles. The molecule has 2 rings (SSSR count). The Balaban J connectivity index is 2.11. The molecule has 1 atom stereocenters. The van der Waals surface area contributed by atoms with Gasteiger partial charge >= 0.3 is 0 Å². The maximum absolute atomic E-state index is 5.36. The van der Waals surface area contributed by atoms with Crippen LogP contribution in [0.2, 0.25) is 0 Å². The van der Waals surface area contributed by atoms with Crippen molar-refractivity contribution in [1.82, 2.24) is 4.98 Å². The lowest BCUT2D eigenvalue weighted by Gasteiger charge is -2.12. The molecule has 0 saturated heterocycles. The molecule has 0 aliphatic rings. The van der Waals surface area contributed by atoms with E-state index in [1.807, 2.05) is 31.2 Å². The van der Waals surface area contributed by atoms with Crippen molar-refractivity contribution in [2.45, 2.75) is 13.0 Å². The number of hydrogen-bond donors (Lipinski definition) is 1. The topological polar surface area (TPSA) is 38.1 Å². The Morgan fingerprint density at radius 3 is 2.87 bits per heavy atom. The quantitative estimate of drug-likeness (QED) is 0.923. The van der Waals surface area contributed by atoms with Gasteiger partial charge in [-0.3, -0.25) is 0 Å². The molecule has 1 unspecified atom stereocenters. The van der Waals surface area contributed by atoms with Crippen molar-refractivity contribution in [3.05, 3.63) is 47.0 Å². The molecule has 0 aliphatic heterocycles. The van der Waals surface area contributed by atoms with Gasteiger partial charge in [-0.25, -0.2) is 4.98 Å². The van der Waals surface area contributed by atoms with Gasteiger partial charge in [0.05, 0.1) is 16.8 Å². The van der Waals surface area contributed by atoms with E-state index >= 15 is 0 Å². The molecule has 0 aromatic carbocycles. The van der Waals surface area contributed by atoms with E-state index in [2.05, 4.69) is 26.2 Å². The Bertz CT molecular complexity index is 427. The SMILES string of the molecule is CC(Nc1ccccn1)c1occc1Br. The number of halogens is 1. The van der Waals surface area contributed by atoms with Gasteiger partial charge in [0, 0.05) is 6.20 Å². The lowest BCUT2D eigenvalue weighted by atomic mass is 10.2. The first-order valence-electron chi connectivity index (χ1n) is 4.68. The van der Waals surface area contributed by atoms with E-state index in [-0.39, 0.29) is 6.04 Å². The molecule has 2 heterocycles. The maximum atomic E-state index is 5.36. The molecule has 1 N–H and O–H groups in total. The summed E-state index contributed by atoms with van der Waals surface area (Å²) in [5.74, 6) is 1.72. The highest BCUT2D eigenvalue weighted by atomic mass is 79.9. The smallest absolute Gasteiger partial charge is 0.139 e. The minimum Gasteiger partial charge on any atom is -0.466 e. The average molecular weight is 267 g/mol. The maximum Gasteiger partial charge on any atom is 0.139 e. The van der Waals surface area contributed by atoms with Gasteiger partial charge in [-0.1, -0.05) is 6.07 Å². The van der Waals surface area contributed by atoms with E-state index in [1.54, 1.807) is 12.5 Å². The Kier molecular flexibility index (Phi) is 3.06. The van der Waals surface area contributed by atoms with E-state index in [1.165, 1.54) is 0 Å². The van der Waals surface area contributed by atoms with Gasteiger partial charge in [0.1, 0.15) is 11.6 Å². The molecule has 0 radical (unpaired) electrons. The molecule has 0 amide bonds. The molecule has 4 heteroatoms. The predicted molar refractivity (Wildman–Crippen MR) is 62.7 cm³/mol. The second-order valence-corrected chi connectivity index (χ2v) is 4.07. The van der Waals surface area contributed by atoms with Crippen LogP contribution in [0.5, 0.6) is 0 Å². The standard InChI is InChI=1S/C11H11BrN2O/c1-8(11-9(12)5-7-15-11)14-10-4-2-3-6-13-10/h2-8H,1H3,(H,13,14). The molecule has 0 bridgehead atoms. The van der Waals surface area contributed by atoms with Crippen LogP contribution in [0.3, 0.4) is 0 Å². The summed E-state index contributed by atoms with van der Waals surface area (Å²) in [4.78, 5) is 4.19. The Labute approximate surface area is 96.6 Å². The predicted octanol–water partition coefficient (Wildman–Crippen LogP) is 3.61. The molecule has 0 fully saturated rings. The molecule has 0 aliphatic carbocycles. The zero-order valence-electron chi connectivity index (χ0n) is 8.27. The number of nitrogens with one attached hydrogen (secondary N) is 1.